The van der Waals surface area contributed by atoms with Crippen molar-refractivity contribution >= 4 is 6.29 Å². The van der Waals surface area contributed by atoms with E-state index in [0.29, 0.717) is 0 Å². The van der Waals surface area contributed by atoms with Crippen molar-refractivity contribution in [3.05, 3.63) is 0 Å². The first-order chi connectivity index (χ1) is 5.29. The summed E-state index contributed by atoms with van der Waals surface area (Å²) < 4.78 is 0. The van der Waals surface area contributed by atoms with Gasteiger partial charge in [0.1, 0.15) is 0 Å². The first kappa shape index (κ1) is 10.6. The molecule has 0 bridgehead atoms. The fourth-order valence-corrected chi connectivity index (χ4v) is 1.25. The molecule has 11 heavy (non-hydrogen) atoms. The Hall–Kier alpha value is -0.370. The molecular weight excluding hydrogens is 138 g/mol. The summed E-state index contributed by atoms with van der Waals surface area (Å²) in [5.74, 6) is 0. The highest BCUT2D eigenvalue weighted by molar-refractivity contribution is 5.58. The van der Waals surface area contributed by atoms with Crippen molar-refractivity contribution in [3.63, 3.8) is 0 Å². The standard InChI is InChI=1S/C9H18NO/c1-4-7-9(8-11)10(5-2)6-3/h9H,4-7H2,1-3H3. The summed E-state index contributed by atoms with van der Waals surface area (Å²) >= 11 is 0. The Morgan fingerprint density at radius 2 is 1.82 bits per heavy atom. The molecule has 0 heterocycles. The van der Waals surface area contributed by atoms with E-state index in [0.717, 1.165) is 25.9 Å². The van der Waals surface area contributed by atoms with Gasteiger partial charge in [-0.05, 0) is 19.5 Å². The van der Waals surface area contributed by atoms with E-state index in [-0.39, 0.29) is 6.04 Å². The Morgan fingerprint density at radius 3 is 2.09 bits per heavy atom. The Kier molecular flexibility index (Phi) is 6.13. The smallest absolute Gasteiger partial charge is 0.217 e. The Morgan fingerprint density at radius 1 is 1.27 bits per heavy atom. The molecular formula is C9H18NO. The average molecular weight is 156 g/mol. The molecule has 0 aliphatic heterocycles. The number of nitrogens with zero attached hydrogens (tertiary/aromatic N) is 1. The van der Waals surface area contributed by atoms with Gasteiger partial charge in [-0.1, -0.05) is 27.2 Å². The van der Waals surface area contributed by atoms with E-state index in [1.807, 2.05) is 0 Å². The van der Waals surface area contributed by atoms with E-state index >= 15 is 0 Å². The van der Waals surface area contributed by atoms with Gasteiger partial charge in [-0.2, -0.15) is 0 Å². The van der Waals surface area contributed by atoms with Crippen LogP contribution in [-0.4, -0.2) is 30.3 Å². The zero-order chi connectivity index (χ0) is 8.69. The topological polar surface area (TPSA) is 20.3 Å². The van der Waals surface area contributed by atoms with E-state index < -0.39 is 0 Å². The molecule has 2 nitrogen and oxygen atoms in total. The van der Waals surface area contributed by atoms with Crippen molar-refractivity contribution in [1.29, 1.82) is 0 Å². The normalized spacial score (nSPS) is 13.5. The van der Waals surface area contributed by atoms with Crippen molar-refractivity contribution in [2.75, 3.05) is 13.1 Å². The van der Waals surface area contributed by atoms with E-state index in [9.17, 15) is 4.79 Å². The number of rotatable bonds is 6. The van der Waals surface area contributed by atoms with Crippen LogP contribution in [0.15, 0.2) is 0 Å². The van der Waals surface area contributed by atoms with Crippen LogP contribution in [0.5, 0.6) is 0 Å². The highest BCUT2D eigenvalue weighted by Crippen LogP contribution is 2.03. The lowest BCUT2D eigenvalue weighted by atomic mass is 10.1. The Labute approximate surface area is 69.6 Å². The van der Waals surface area contributed by atoms with Crippen LogP contribution in [0.3, 0.4) is 0 Å². The quantitative estimate of drug-likeness (QED) is 0.582. The molecule has 2 heteroatoms. The molecule has 0 saturated carbocycles. The zero-order valence-corrected chi connectivity index (χ0v) is 7.76. The van der Waals surface area contributed by atoms with Crippen molar-refractivity contribution in [3.8, 4) is 0 Å². The molecule has 0 rings (SSSR count). The van der Waals surface area contributed by atoms with Crippen molar-refractivity contribution in [1.82, 2.24) is 4.90 Å². The van der Waals surface area contributed by atoms with Gasteiger partial charge in [-0.3, -0.25) is 9.69 Å². The van der Waals surface area contributed by atoms with Gasteiger partial charge in [0.15, 0.2) is 0 Å². The first-order valence-electron chi connectivity index (χ1n) is 4.41. The lowest BCUT2D eigenvalue weighted by molar-refractivity contribution is 0.251. The van der Waals surface area contributed by atoms with Gasteiger partial charge in [0.25, 0.3) is 0 Å². The minimum atomic E-state index is 0.0231. The minimum absolute atomic E-state index is 0.0231. The molecule has 0 aromatic carbocycles. The molecule has 0 saturated heterocycles. The fraction of sp³-hybridized carbons (Fsp3) is 0.889. The van der Waals surface area contributed by atoms with Gasteiger partial charge < -0.3 is 0 Å². The SMILES string of the molecule is CCCC([C]=O)N(CC)CC. The van der Waals surface area contributed by atoms with Gasteiger partial charge in [-0.25, -0.2) is 0 Å². The molecule has 0 N–H and O–H groups in total. The third kappa shape index (κ3) is 3.51. The number of carbonyl (C=O) groups excluding carboxylic acids is 1. The summed E-state index contributed by atoms with van der Waals surface area (Å²) in [6.45, 7) is 8.12. The minimum Gasteiger partial charge on any atom is -0.294 e. The van der Waals surface area contributed by atoms with Crippen LogP contribution >= 0.6 is 0 Å². The van der Waals surface area contributed by atoms with Gasteiger partial charge in [0.05, 0.1) is 6.04 Å². The largest absolute Gasteiger partial charge is 0.294 e. The van der Waals surface area contributed by atoms with Crippen LogP contribution < -0.4 is 0 Å². The molecule has 0 aromatic heterocycles. The van der Waals surface area contributed by atoms with Crippen molar-refractivity contribution < 1.29 is 4.79 Å². The Bertz CT molecular complexity index is 99.7. The third-order valence-electron chi connectivity index (χ3n) is 1.95. The predicted octanol–water partition coefficient (Wildman–Crippen LogP) is 1.61. The molecule has 1 atom stereocenters. The lowest BCUT2D eigenvalue weighted by Gasteiger charge is -2.23. The van der Waals surface area contributed by atoms with Gasteiger partial charge in [0.2, 0.25) is 6.29 Å². The second-order valence-electron chi connectivity index (χ2n) is 2.64. The molecule has 0 amide bonds. The zero-order valence-electron chi connectivity index (χ0n) is 7.76. The highest BCUT2D eigenvalue weighted by Gasteiger charge is 2.13. The maximum Gasteiger partial charge on any atom is 0.217 e. The van der Waals surface area contributed by atoms with Crippen LogP contribution in [0.2, 0.25) is 0 Å². The molecule has 0 aliphatic rings. The molecule has 0 aliphatic carbocycles. The fourth-order valence-electron chi connectivity index (χ4n) is 1.25. The summed E-state index contributed by atoms with van der Waals surface area (Å²) in [4.78, 5) is 12.6. The molecule has 0 fully saturated rings. The van der Waals surface area contributed by atoms with Crippen LogP contribution in [0.4, 0.5) is 0 Å². The summed E-state index contributed by atoms with van der Waals surface area (Å²) in [6.07, 6.45) is 4.07. The van der Waals surface area contributed by atoms with E-state index in [1.165, 1.54) is 0 Å². The Balaban J connectivity index is 3.86. The van der Waals surface area contributed by atoms with Crippen molar-refractivity contribution in [2.45, 2.75) is 39.7 Å². The highest BCUT2D eigenvalue weighted by atomic mass is 16.1. The average Bonchev–Trinajstić information content (AvgIpc) is 2.05. The number of likely N-dealkylation sites (N-methyl/N-ethyl adjacent to an activating group) is 1. The monoisotopic (exact) mass is 156 g/mol. The first-order valence-corrected chi connectivity index (χ1v) is 4.41. The number of hydrogen-bond acceptors (Lipinski definition) is 2. The van der Waals surface area contributed by atoms with E-state index in [1.54, 1.807) is 0 Å². The third-order valence-corrected chi connectivity index (χ3v) is 1.95. The summed E-state index contributed by atoms with van der Waals surface area (Å²) in [7, 11) is 0. The molecule has 0 aromatic rings. The summed E-state index contributed by atoms with van der Waals surface area (Å²) in [5.41, 5.74) is 0. The molecule has 1 radical (unpaired) electrons. The summed E-state index contributed by atoms with van der Waals surface area (Å²) in [6, 6.07) is 0.0231. The maximum absolute atomic E-state index is 10.5. The summed E-state index contributed by atoms with van der Waals surface area (Å²) in [5, 5.41) is 0. The predicted molar refractivity (Wildman–Crippen MR) is 47.3 cm³/mol. The van der Waals surface area contributed by atoms with Crippen LogP contribution in [0, 0.1) is 0 Å². The van der Waals surface area contributed by atoms with Crippen LogP contribution in [-0.2, 0) is 4.79 Å². The maximum atomic E-state index is 10.5. The second kappa shape index (κ2) is 6.35. The van der Waals surface area contributed by atoms with Crippen molar-refractivity contribution in [2.24, 2.45) is 0 Å². The van der Waals surface area contributed by atoms with Gasteiger partial charge >= 0.3 is 0 Å². The molecule has 65 valence electrons. The van der Waals surface area contributed by atoms with Gasteiger partial charge in [0, 0.05) is 0 Å². The van der Waals surface area contributed by atoms with E-state index in [4.69, 9.17) is 0 Å². The second-order valence-corrected chi connectivity index (χ2v) is 2.64. The molecule has 1 unspecified atom stereocenters. The molecule has 0 spiro atoms. The van der Waals surface area contributed by atoms with Crippen LogP contribution in [0.1, 0.15) is 33.6 Å². The van der Waals surface area contributed by atoms with Gasteiger partial charge in [-0.15, -0.1) is 0 Å². The van der Waals surface area contributed by atoms with Crippen LogP contribution in [0.25, 0.3) is 0 Å². The number of hydrogen-bond donors (Lipinski definition) is 0. The van der Waals surface area contributed by atoms with E-state index in [2.05, 4.69) is 32.0 Å². The lowest BCUT2D eigenvalue weighted by Crippen LogP contribution is -2.35.